The molecule has 0 atom stereocenters. The highest BCUT2D eigenvalue weighted by atomic mass is 32.1. The smallest absolute Gasteiger partial charge is 0.265 e. The molecule has 1 aliphatic heterocycles. The number of aryl methyl sites for hydroxylation is 2. The third kappa shape index (κ3) is 2.25. The van der Waals surface area contributed by atoms with Crippen LogP contribution >= 0.6 is 11.3 Å². The fourth-order valence-corrected chi connectivity index (χ4v) is 3.97. The summed E-state index contributed by atoms with van der Waals surface area (Å²) in [5.74, 6) is -0.948. The van der Waals surface area contributed by atoms with E-state index in [-0.39, 0.29) is 17.7 Å². The van der Waals surface area contributed by atoms with E-state index in [4.69, 9.17) is 0 Å². The van der Waals surface area contributed by atoms with Gasteiger partial charge in [-0.05, 0) is 31.2 Å². The minimum atomic E-state index is -0.361. The highest BCUT2D eigenvalue weighted by Crippen LogP contribution is 2.29. The zero-order valence-electron chi connectivity index (χ0n) is 13.8. The summed E-state index contributed by atoms with van der Waals surface area (Å²) >= 11 is 1.36. The number of thiophene rings is 1. The molecule has 0 aliphatic carbocycles. The number of aromatic nitrogens is 2. The third-order valence-electron chi connectivity index (χ3n) is 4.27. The van der Waals surface area contributed by atoms with Crippen molar-refractivity contribution >= 4 is 45.0 Å². The van der Waals surface area contributed by atoms with Gasteiger partial charge in [0.2, 0.25) is 0 Å². The number of imide groups is 1. The Bertz CT molecular complexity index is 1040. The lowest BCUT2D eigenvalue weighted by Gasteiger charge is -2.05. The first kappa shape index (κ1) is 15.5. The molecule has 3 heterocycles. The Morgan fingerprint density at radius 3 is 2.56 bits per heavy atom. The second-order valence-electron chi connectivity index (χ2n) is 5.92. The van der Waals surface area contributed by atoms with Crippen molar-refractivity contribution in [1.82, 2.24) is 14.7 Å². The van der Waals surface area contributed by atoms with Gasteiger partial charge in [0.1, 0.15) is 4.83 Å². The molecule has 0 saturated carbocycles. The Morgan fingerprint density at radius 1 is 1.12 bits per heavy atom. The minimum absolute atomic E-state index is 0.259. The summed E-state index contributed by atoms with van der Waals surface area (Å²) in [6.45, 7) is 1.90. The highest BCUT2D eigenvalue weighted by Gasteiger charge is 2.32. The molecule has 0 fully saturated rings. The van der Waals surface area contributed by atoms with Crippen molar-refractivity contribution < 1.29 is 14.4 Å². The van der Waals surface area contributed by atoms with E-state index in [1.54, 1.807) is 16.8 Å². The molecule has 8 heteroatoms. The molecule has 0 bridgehead atoms. The molecule has 7 nitrogen and oxygen atoms in total. The number of nitrogens with one attached hydrogen (secondary N) is 1. The monoisotopic (exact) mass is 354 g/mol. The summed E-state index contributed by atoms with van der Waals surface area (Å²) in [7, 11) is 3.28. The second kappa shape index (κ2) is 5.25. The maximum Gasteiger partial charge on any atom is 0.265 e. The van der Waals surface area contributed by atoms with E-state index in [1.807, 2.05) is 20.0 Å². The van der Waals surface area contributed by atoms with E-state index in [2.05, 4.69) is 10.4 Å². The molecule has 1 aromatic carbocycles. The lowest BCUT2D eigenvalue weighted by Crippen LogP contribution is -2.24. The quantitative estimate of drug-likeness (QED) is 0.716. The molecule has 3 amide bonds. The SMILES string of the molecule is Cc1nn(C)c2sc(C(=O)Nc3ccc4c(c3)C(=O)N(C)C4=O)cc12. The van der Waals surface area contributed by atoms with Crippen LogP contribution in [0.4, 0.5) is 5.69 Å². The maximum atomic E-state index is 12.5. The van der Waals surface area contributed by atoms with Gasteiger partial charge < -0.3 is 5.32 Å². The van der Waals surface area contributed by atoms with Gasteiger partial charge in [0.05, 0.1) is 21.7 Å². The van der Waals surface area contributed by atoms with Gasteiger partial charge in [0, 0.05) is 25.2 Å². The normalized spacial score (nSPS) is 13.6. The Labute approximate surface area is 146 Å². The van der Waals surface area contributed by atoms with Crippen LogP contribution in [0.2, 0.25) is 0 Å². The van der Waals surface area contributed by atoms with Crippen molar-refractivity contribution in [1.29, 1.82) is 0 Å². The van der Waals surface area contributed by atoms with Crippen LogP contribution in [0.1, 0.15) is 36.1 Å². The minimum Gasteiger partial charge on any atom is -0.321 e. The number of carbonyl (C=O) groups excluding carboxylic acids is 3. The van der Waals surface area contributed by atoms with Gasteiger partial charge in [-0.3, -0.25) is 24.0 Å². The summed E-state index contributed by atoms with van der Waals surface area (Å²) in [5, 5.41) is 8.06. The molecule has 1 N–H and O–H groups in total. The molecule has 3 aromatic rings. The number of hydrogen-bond donors (Lipinski definition) is 1. The van der Waals surface area contributed by atoms with Crippen LogP contribution in [0.25, 0.3) is 10.2 Å². The number of rotatable bonds is 2. The number of fused-ring (bicyclic) bond motifs is 2. The molecule has 2 aromatic heterocycles. The van der Waals surface area contributed by atoms with E-state index < -0.39 is 0 Å². The first-order valence-electron chi connectivity index (χ1n) is 7.57. The molecule has 4 rings (SSSR count). The van der Waals surface area contributed by atoms with Crippen LogP contribution in [0.15, 0.2) is 24.3 Å². The Morgan fingerprint density at radius 2 is 1.84 bits per heavy atom. The summed E-state index contributed by atoms with van der Waals surface area (Å²) in [6.07, 6.45) is 0. The molecule has 0 unspecified atom stereocenters. The zero-order valence-corrected chi connectivity index (χ0v) is 14.6. The molecule has 0 spiro atoms. The first-order valence-corrected chi connectivity index (χ1v) is 8.39. The van der Waals surface area contributed by atoms with E-state index in [0.717, 1.165) is 20.8 Å². The van der Waals surface area contributed by atoms with Crippen LogP contribution in [-0.4, -0.2) is 39.4 Å². The van der Waals surface area contributed by atoms with Gasteiger partial charge in [-0.2, -0.15) is 5.10 Å². The van der Waals surface area contributed by atoms with Crippen LogP contribution < -0.4 is 5.32 Å². The number of anilines is 1. The number of nitrogens with zero attached hydrogens (tertiary/aromatic N) is 3. The molecular formula is C17H14N4O3S. The predicted molar refractivity (Wildman–Crippen MR) is 94.1 cm³/mol. The van der Waals surface area contributed by atoms with Crippen molar-refractivity contribution in [3.8, 4) is 0 Å². The summed E-state index contributed by atoms with van der Waals surface area (Å²) in [4.78, 5) is 39.0. The summed E-state index contributed by atoms with van der Waals surface area (Å²) in [5.41, 5.74) is 2.01. The average molecular weight is 354 g/mol. The first-order chi connectivity index (χ1) is 11.9. The number of benzene rings is 1. The molecule has 126 valence electrons. The van der Waals surface area contributed by atoms with Crippen LogP contribution in [-0.2, 0) is 7.05 Å². The van der Waals surface area contributed by atoms with Gasteiger partial charge in [-0.25, -0.2) is 0 Å². The maximum absolute atomic E-state index is 12.5. The summed E-state index contributed by atoms with van der Waals surface area (Å²) in [6, 6.07) is 6.54. The molecule has 0 radical (unpaired) electrons. The molecule has 25 heavy (non-hydrogen) atoms. The van der Waals surface area contributed by atoms with E-state index in [1.165, 1.54) is 24.5 Å². The number of carbonyl (C=O) groups is 3. The van der Waals surface area contributed by atoms with Crippen LogP contribution in [0, 0.1) is 6.92 Å². The predicted octanol–water partition coefficient (Wildman–Crippen LogP) is 2.42. The third-order valence-corrected chi connectivity index (χ3v) is 5.47. The fraction of sp³-hybridized carbons (Fsp3) is 0.176. The van der Waals surface area contributed by atoms with Crippen molar-refractivity contribution in [3.63, 3.8) is 0 Å². The van der Waals surface area contributed by atoms with E-state index in [9.17, 15) is 14.4 Å². The fourth-order valence-electron chi connectivity index (χ4n) is 2.95. The van der Waals surface area contributed by atoms with Crippen molar-refractivity contribution in [3.05, 3.63) is 46.0 Å². The Kier molecular flexibility index (Phi) is 3.26. The standard InChI is InChI=1S/C17H14N4O3S/c1-8-11-7-13(25-17(11)21(3)19-8)14(22)18-9-4-5-10-12(6-9)16(24)20(2)15(10)23/h4-7H,1-3H3,(H,18,22). The number of hydrogen-bond acceptors (Lipinski definition) is 5. The molecule has 1 aliphatic rings. The van der Waals surface area contributed by atoms with E-state index >= 15 is 0 Å². The zero-order chi connectivity index (χ0) is 17.9. The summed E-state index contributed by atoms with van der Waals surface area (Å²) < 4.78 is 1.75. The van der Waals surface area contributed by atoms with Gasteiger partial charge in [0.25, 0.3) is 17.7 Å². The Balaban J connectivity index is 1.64. The van der Waals surface area contributed by atoms with Crippen LogP contribution in [0.3, 0.4) is 0 Å². The Hall–Kier alpha value is -3.00. The number of amides is 3. The van der Waals surface area contributed by atoms with Gasteiger partial charge in [0.15, 0.2) is 0 Å². The topological polar surface area (TPSA) is 84.3 Å². The lowest BCUT2D eigenvalue weighted by molar-refractivity contribution is 0.0692. The van der Waals surface area contributed by atoms with Gasteiger partial charge in [-0.15, -0.1) is 11.3 Å². The van der Waals surface area contributed by atoms with Crippen LogP contribution in [0.5, 0.6) is 0 Å². The van der Waals surface area contributed by atoms with Gasteiger partial charge >= 0.3 is 0 Å². The van der Waals surface area contributed by atoms with E-state index in [0.29, 0.717) is 21.7 Å². The average Bonchev–Trinajstić information content (AvgIpc) is 3.20. The van der Waals surface area contributed by atoms with Gasteiger partial charge in [-0.1, -0.05) is 0 Å². The molecular weight excluding hydrogens is 340 g/mol. The largest absolute Gasteiger partial charge is 0.321 e. The van der Waals surface area contributed by atoms with Crippen molar-refractivity contribution in [2.24, 2.45) is 7.05 Å². The lowest BCUT2D eigenvalue weighted by atomic mass is 10.1. The second-order valence-corrected chi connectivity index (χ2v) is 6.95. The van der Waals surface area contributed by atoms with Crippen molar-refractivity contribution in [2.75, 3.05) is 12.4 Å². The highest BCUT2D eigenvalue weighted by molar-refractivity contribution is 7.20. The molecule has 0 saturated heterocycles. The van der Waals surface area contributed by atoms with Crippen molar-refractivity contribution in [2.45, 2.75) is 6.92 Å².